The molecule has 0 aromatic carbocycles. The fraction of sp³-hybridized carbons (Fsp3) is 0.765. The number of nitrogens with zero attached hydrogens (tertiary/aromatic N) is 2. The van der Waals surface area contributed by atoms with Crippen LogP contribution in [-0.2, 0) is 38.4 Å². The Morgan fingerprint density at radius 2 is 1.22 bits per heavy atom. The van der Waals surface area contributed by atoms with E-state index in [1.54, 1.807) is 0 Å². The molecule has 0 radical (unpaired) electrons. The lowest BCUT2D eigenvalue weighted by atomic mass is 9.59. The number of aliphatic hydroxyl groups is 2. The highest BCUT2D eigenvalue weighted by Crippen LogP contribution is 2.56. The van der Waals surface area contributed by atoms with Crippen LogP contribution in [0.3, 0.4) is 0 Å². The minimum atomic E-state index is -4.87. The molecule has 36 heavy (non-hydrogen) atoms. The van der Waals surface area contributed by atoms with Crippen molar-refractivity contribution in [3.8, 4) is 0 Å². The summed E-state index contributed by atoms with van der Waals surface area (Å²) in [5.41, 5.74) is 0. The normalized spacial score (nSPS) is 26.0. The maximum absolute atomic E-state index is 13.6. The molecule has 3 fully saturated rings. The van der Waals surface area contributed by atoms with Gasteiger partial charge in [0.05, 0.1) is 36.7 Å². The van der Waals surface area contributed by atoms with E-state index in [9.17, 15) is 53.9 Å². The fourth-order valence-electron chi connectivity index (χ4n) is 3.77. The predicted octanol–water partition coefficient (Wildman–Crippen LogP) is -0.339. The van der Waals surface area contributed by atoms with E-state index in [2.05, 4.69) is 9.12 Å². The number of aliphatic hydroxyl groups excluding tert-OH is 2. The largest absolute Gasteiger partial charge is 0.396 e. The summed E-state index contributed by atoms with van der Waals surface area (Å²) >= 11 is 0. The van der Waals surface area contributed by atoms with Crippen LogP contribution in [0.2, 0.25) is 0 Å². The maximum Gasteiger partial charge on any atom is 0.391 e. The number of amides is 4. The summed E-state index contributed by atoms with van der Waals surface area (Å²) in [6, 6.07) is -2.02. The number of carbonyl (C=O) groups is 4. The van der Waals surface area contributed by atoms with Crippen LogP contribution in [0.4, 0.5) is 26.3 Å². The van der Waals surface area contributed by atoms with Crippen LogP contribution in [0.1, 0.15) is 19.3 Å². The van der Waals surface area contributed by atoms with E-state index in [1.807, 2.05) is 0 Å². The highest BCUT2D eigenvalue weighted by atomic mass is 32.2. The lowest BCUT2D eigenvalue weighted by molar-refractivity contribution is -0.212. The second kappa shape index (κ2) is 11.0. The molecule has 4 unspecified atom stereocenters. The van der Waals surface area contributed by atoms with E-state index in [4.69, 9.17) is 10.2 Å². The van der Waals surface area contributed by atoms with E-state index in [0.29, 0.717) is 0 Å². The number of hydroxylamine groups is 4. The maximum atomic E-state index is 13.6. The fourth-order valence-corrected chi connectivity index (χ4v) is 4.18. The molecule has 1 saturated carbocycles. The van der Waals surface area contributed by atoms with Crippen molar-refractivity contribution in [2.24, 2.45) is 23.7 Å². The Morgan fingerprint density at radius 3 is 1.56 bits per heavy atom. The summed E-state index contributed by atoms with van der Waals surface area (Å²) < 4.78 is 98.7. The molecule has 4 atom stereocenters. The van der Waals surface area contributed by atoms with Gasteiger partial charge in [0.1, 0.15) is 6.61 Å². The van der Waals surface area contributed by atoms with Crippen molar-refractivity contribution >= 4 is 33.7 Å². The lowest BCUT2D eigenvalue weighted by Crippen LogP contribution is -2.50. The number of carbonyl (C=O) groups excluding carboxylic acids is 4. The topological polar surface area (TPSA) is 168 Å². The lowest BCUT2D eigenvalue weighted by Gasteiger charge is -2.35. The van der Waals surface area contributed by atoms with Crippen LogP contribution in [0, 0.1) is 23.7 Å². The SMILES string of the molecule is O=C1C2C(C(=O)N1OCC(F)(F)CCCO)C1C(=O)N(OS(=O)(=O)CF)C(=O)C21.OCCC(F)(F)F. The number of imide groups is 2. The van der Waals surface area contributed by atoms with Crippen molar-refractivity contribution in [1.82, 2.24) is 10.1 Å². The van der Waals surface area contributed by atoms with Crippen LogP contribution in [0.25, 0.3) is 0 Å². The third-order valence-electron chi connectivity index (χ3n) is 5.31. The van der Waals surface area contributed by atoms with Crippen molar-refractivity contribution < 1.29 is 73.3 Å². The number of hydrogen-bond acceptors (Lipinski definition) is 10. The zero-order valence-electron chi connectivity index (χ0n) is 18.0. The molecule has 12 nitrogen and oxygen atoms in total. The molecule has 2 aliphatic heterocycles. The van der Waals surface area contributed by atoms with E-state index in [0.717, 1.165) is 0 Å². The van der Waals surface area contributed by atoms with Gasteiger partial charge in [-0.2, -0.15) is 26.7 Å². The van der Waals surface area contributed by atoms with Crippen LogP contribution in [-0.4, -0.2) is 90.3 Å². The van der Waals surface area contributed by atoms with Crippen molar-refractivity contribution in [2.75, 3.05) is 25.8 Å². The van der Waals surface area contributed by atoms with Gasteiger partial charge in [-0.05, 0) is 6.42 Å². The smallest absolute Gasteiger partial charge is 0.391 e. The van der Waals surface area contributed by atoms with E-state index in [-0.39, 0.29) is 16.5 Å². The monoisotopic (exact) mass is 558 g/mol. The van der Waals surface area contributed by atoms with Gasteiger partial charge in [-0.25, -0.2) is 13.2 Å². The molecule has 2 N–H and O–H groups in total. The zero-order valence-corrected chi connectivity index (χ0v) is 18.8. The van der Waals surface area contributed by atoms with E-state index in [1.165, 1.54) is 0 Å². The first-order valence-electron chi connectivity index (χ1n) is 10.0. The van der Waals surface area contributed by atoms with Gasteiger partial charge in [0, 0.05) is 13.0 Å². The van der Waals surface area contributed by atoms with Crippen molar-refractivity contribution in [3.05, 3.63) is 0 Å². The van der Waals surface area contributed by atoms with Gasteiger partial charge in [0.15, 0.2) is 0 Å². The molecule has 0 aromatic heterocycles. The summed E-state index contributed by atoms with van der Waals surface area (Å²) in [4.78, 5) is 53.8. The van der Waals surface area contributed by atoms with E-state index < -0.39 is 108 Å². The standard InChI is InChI=1S/C14H15F3N2O9S.C3H5F3O/c15-5-29(25,26)28-19-12(23)8-6-7(9(8)13(19)24)11(22)18(10(6)21)27-4-14(16,17)2-1-3-20;4-3(5,6)1-2-7/h6-9,20H,1-5H2;7H,1-2H2. The quantitative estimate of drug-likeness (QED) is 0.267. The first-order chi connectivity index (χ1) is 16.5. The van der Waals surface area contributed by atoms with Gasteiger partial charge in [-0.1, -0.05) is 0 Å². The molecule has 0 bridgehead atoms. The number of alkyl halides is 6. The Kier molecular flexibility index (Phi) is 9.09. The number of hydrogen-bond donors (Lipinski definition) is 2. The minimum absolute atomic E-state index is 0.0740. The van der Waals surface area contributed by atoms with Gasteiger partial charge in [0.25, 0.3) is 29.6 Å². The average molecular weight is 558 g/mol. The Morgan fingerprint density at radius 1 is 0.778 bits per heavy atom. The molecule has 3 rings (SSSR count). The molecule has 0 aromatic rings. The summed E-state index contributed by atoms with van der Waals surface area (Å²) in [5.74, 6) is -13.9. The molecule has 19 heteroatoms. The Balaban J connectivity index is 0.000000572. The summed E-state index contributed by atoms with van der Waals surface area (Å²) in [6.45, 7) is -2.65. The summed E-state index contributed by atoms with van der Waals surface area (Å²) in [6.07, 6.45) is -6.31. The zero-order chi connectivity index (χ0) is 27.6. The minimum Gasteiger partial charge on any atom is -0.396 e. The van der Waals surface area contributed by atoms with Crippen LogP contribution in [0.5, 0.6) is 0 Å². The Labute approximate surface area is 198 Å². The average Bonchev–Trinajstić information content (AvgIpc) is 3.05. The third kappa shape index (κ3) is 6.31. The molecule has 2 saturated heterocycles. The Bertz CT molecular complexity index is 951. The summed E-state index contributed by atoms with van der Waals surface area (Å²) in [5, 5.41) is 16.2. The molecule has 2 heterocycles. The molecule has 206 valence electrons. The molecule has 1 aliphatic carbocycles. The molecule has 0 spiro atoms. The first-order valence-corrected chi connectivity index (χ1v) is 11.6. The highest BCUT2D eigenvalue weighted by molar-refractivity contribution is 7.86. The van der Waals surface area contributed by atoms with Crippen LogP contribution >= 0.6 is 0 Å². The van der Waals surface area contributed by atoms with Crippen LogP contribution < -0.4 is 0 Å². The second-order valence-electron chi connectivity index (χ2n) is 7.83. The Hall–Kier alpha value is -2.35. The van der Waals surface area contributed by atoms with Crippen LogP contribution in [0.15, 0.2) is 0 Å². The first kappa shape index (κ1) is 29.9. The second-order valence-corrected chi connectivity index (χ2v) is 9.31. The number of halogens is 6. The highest BCUT2D eigenvalue weighted by Gasteiger charge is 2.75. The van der Waals surface area contributed by atoms with Gasteiger partial charge in [-0.15, -0.1) is 9.35 Å². The third-order valence-corrected chi connectivity index (χ3v) is 5.95. The van der Waals surface area contributed by atoms with Crippen molar-refractivity contribution in [3.63, 3.8) is 0 Å². The van der Waals surface area contributed by atoms with Gasteiger partial charge >= 0.3 is 16.3 Å². The molecule has 4 amide bonds. The molecular formula is C17H20F6N2O10S. The van der Waals surface area contributed by atoms with Gasteiger partial charge in [0.2, 0.25) is 6.01 Å². The molecular weight excluding hydrogens is 538 g/mol. The van der Waals surface area contributed by atoms with E-state index >= 15 is 0 Å². The number of rotatable bonds is 10. The van der Waals surface area contributed by atoms with Crippen molar-refractivity contribution in [1.29, 1.82) is 0 Å². The molecule has 3 aliphatic rings. The predicted molar refractivity (Wildman–Crippen MR) is 98.6 cm³/mol. The van der Waals surface area contributed by atoms with Crippen molar-refractivity contribution in [2.45, 2.75) is 31.4 Å². The number of fused-ring (bicyclic) bond motifs is 4. The van der Waals surface area contributed by atoms with Gasteiger partial charge in [-0.3, -0.25) is 24.0 Å². The van der Waals surface area contributed by atoms with Gasteiger partial charge < -0.3 is 10.2 Å². The summed E-state index contributed by atoms with van der Waals surface area (Å²) in [7, 11) is -4.87.